The first-order valence-corrected chi connectivity index (χ1v) is 6.91. The van der Waals surface area contributed by atoms with Gasteiger partial charge in [0.25, 0.3) is 0 Å². The van der Waals surface area contributed by atoms with Crippen LogP contribution in [0.25, 0.3) is 21.6 Å². The molecule has 0 aliphatic rings. The van der Waals surface area contributed by atoms with Gasteiger partial charge in [-0.25, -0.2) is 14.4 Å². The van der Waals surface area contributed by atoms with E-state index in [0.29, 0.717) is 5.82 Å². The molecule has 0 amide bonds. The van der Waals surface area contributed by atoms with Crippen LogP contribution in [0.5, 0.6) is 0 Å². The summed E-state index contributed by atoms with van der Waals surface area (Å²) < 4.78 is 13.0. The molecule has 3 aromatic rings. The molecular formula is C14H12FN3S. The number of hydrogen-bond acceptors (Lipinski definition) is 4. The Kier molecular flexibility index (Phi) is 3.13. The summed E-state index contributed by atoms with van der Waals surface area (Å²) in [5.41, 5.74) is 0.816. The van der Waals surface area contributed by atoms with E-state index in [9.17, 15) is 4.39 Å². The number of rotatable bonds is 3. The van der Waals surface area contributed by atoms with E-state index in [4.69, 9.17) is 0 Å². The second-order valence-electron chi connectivity index (χ2n) is 4.07. The number of nitrogens with one attached hydrogen (secondary N) is 1. The molecule has 0 spiro atoms. The topological polar surface area (TPSA) is 37.8 Å². The van der Waals surface area contributed by atoms with Crippen LogP contribution in [0.3, 0.4) is 0 Å². The van der Waals surface area contributed by atoms with Crippen molar-refractivity contribution >= 4 is 27.4 Å². The van der Waals surface area contributed by atoms with Gasteiger partial charge in [0.15, 0.2) is 5.82 Å². The average Bonchev–Trinajstić information content (AvgIpc) is 2.88. The summed E-state index contributed by atoms with van der Waals surface area (Å²) in [6.07, 6.45) is 0. The number of aromatic nitrogens is 2. The summed E-state index contributed by atoms with van der Waals surface area (Å²) in [5, 5.41) is 6.26. The van der Waals surface area contributed by atoms with Crippen LogP contribution in [0, 0.1) is 5.82 Å². The fraction of sp³-hybridized carbons (Fsp3) is 0.143. The predicted octanol–water partition coefficient (Wildman–Crippen LogP) is 3.93. The Morgan fingerprint density at radius 3 is 2.68 bits per heavy atom. The molecule has 0 bridgehead atoms. The summed E-state index contributed by atoms with van der Waals surface area (Å²) in [7, 11) is 0. The Balaban J connectivity index is 2.15. The molecule has 3 nitrogen and oxygen atoms in total. The normalized spacial score (nSPS) is 10.8. The van der Waals surface area contributed by atoms with Crippen molar-refractivity contribution in [3.05, 3.63) is 41.5 Å². The van der Waals surface area contributed by atoms with E-state index >= 15 is 0 Å². The van der Waals surface area contributed by atoms with Crippen LogP contribution in [0.4, 0.5) is 10.2 Å². The minimum atomic E-state index is -0.257. The fourth-order valence-electron chi connectivity index (χ4n) is 1.89. The van der Waals surface area contributed by atoms with Crippen molar-refractivity contribution < 1.29 is 4.39 Å². The number of anilines is 1. The third kappa shape index (κ3) is 2.29. The van der Waals surface area contributed by atoms with Crippen molar-refractivity contribution in [3.8, 4) is 11.4 Å². The molecule has 0 unspecified atom stereocenters. The third-order valence-corrected chi connectivity index (χ3v) is 3.58. The molecule has 2 heterocycles. The minimum Gasteiger partial charge on any atom is -0.370 e. The third-order valence-electron chi connectivity index (χ3n) is 2.77. The predicted molar refractivity (Wildman–Crippen MR) is 77.0 cm³/mol. The van der Waals surface area contributed by atoms with Crippen molar-refractivity contribution in [1.29, 1.82) is 0 Å². The van der Waals surface area contributed by atoms with Crippen LogP contribution in [-0.4, -0.2) is 16.5 Å². The Morgan fingerprint density at radius 1 is 1.16 bits per heavy atom. The maximum atomic E-state index is 13.0. The molecule has 0 saturated carbocycles. The van der Waals surface area contributed by atoms with Gasteiger partial charge in [-0.3, -0.25) is 0 Å². The van der Waals surface area contributed by atoms with Crippen LogP contribution in [0.1, 0.15) is 6.92 Å². The first kappa shape index (κ1) is 12.0. The van der Waals surface area contributed by atoms with E-state index in [1.54, 1.807) is 23.5 Å². The van der Waals surface area contributed by atoms with Gasteiger partial charge in [0, 0.05) is 12.1 Å². The van der Waals surface area contributed by atoms with E-state index < -0.39 is 0 Å². The van der Waals surface area contributed by atoms with Gasteiger partial charge in [-0.05, 0) is 42.6 Å². The molecule has 0 aliphatic carbocycles. The highest BCUT2D eigenvalue weighted by atomic mass is 32.1. The van der Waals surface area contributed by atoms with E-state index in [2.05, 4.69) is 15.3 Å². The van der Waals surface area contributed by atoms with Gasteiger partial charge < -0.3 is 5.32 Å². The van der Waals surface area contributed by atoms with Crippen molar-refractivity contribution in [2.45, 2.75) is 6.92 Å². The number of benzene rings is 1. The van der Waals surface area contributed by atoms with Gasteiger partial charge in [-0.2, -0.15) is 0 Å². The molecule has 0 radical (unpaired) electrons. The first-order valence-electron chi connectivity index (χ1n) is 6.03. The Bertz CT molecular complexity index is 706. The SMILES string of the molecule is CCNc1nc(-c2ccc(F)cc2)nc2sccc12. The van der Waals surface area contributed by atoms with Crippen LogP contribution < -0.4 is 5.32 Å². The summed E-state index contributed by atoms with van der Waals surface area (Å²) in [6.45, 7) is 2.82. The zero-order valence-corrected chi connectivity index (χ0v) is 11.2. The van der Waals surface area contributed by atoms with Crippen LogP contribution >= 0.6 is 11.3 Å². The van der Waals surface area contributed by atoms with Crippen molar-refractivity contribution in [1.82, 2.24) is 9.97 Å². The Morgan fingerprint density at radius 2 is 1.95 bits per heavy atom. The van der Waals surface area contributed by atoms with Crippen LogP contribution in [0.15, 0.2) is 35.7 Å². The molecule has 3 rings (SSSR count). The number of halogens is 1. The maximum Gasteiger partial charge on any atom is 0.163 e. The molecule has 19 heavy (non-hydrogen) atoms. The van der Waals surface area contributed by atoms with Crippen LogP contribution in [0.2, 0.25) is 0 Å². The highest BCUT2D eigenvalue weighted by Crippen LogP contribution is 2.28. The monoisotopic (exact) mass is 273 g/mol. The van der Waals surface area contributed by atoms with Crippen LogP contribution in [-0.2, 0) is 0 Å². The van der Waals surface area contributed by atoms with Crippen molar-refractivity contribution in [2.24, 2.45) is 0 Å². The molecular weight excluding hydrogens is 261 g/mol. The smallest absolute Gasteiger partial charge is 0.163 e. The first-order chi connectivity index (χ1) is 9.28. The van der Waals surface area contributed by atoms with Gasteiger partial charge in [-0.1, -0.05) is 0 Å². The van der Waals surface area contributed by atoms with Gasteiger partial charge in [0.05, 0.1) is 5.39 Å². The molecule has 0 aliphatic heterocycles. The Labute approximate surface area is 114 Å². The molecule has 96 valence electrons. The standard InChI is InChI=1S/C14H12FN3S/c1-2-16-13-11-7-8-19-14(11)18-12(17-13)9-3-5-10(15)6-4-9/h3-8H,2H2,1H3,(H,16,17,18). The zero-order valence-electron chi connectivity index (χ0n) is 10.4. The second-order valence-corrected chi connectivity index (χ2v) is 4.97. The molecule has 0 saturated heterocycles. The summed E-state index contributed by atoms with van der Waals surface area (Å²) in [6, 6.07) is 8.24. The lowest BCUT2D eigenvalue weighted by atomic mass is 10.2. The van der Waals surface area contributed by atoms with Crippen molar-refractivity contribution in [3.63, 3.8) is 0 Å². The lowest BCUT2D eigenvalue weighted by molar-refractivity contribution is 0.628. The molecule has 1 N–H and O–H groups in total. The second kappa shape index (κ2) is 4.93. The van der Waals surface area contributed by atoms with Gasteiger partial charge in [0.2, 0.25) is 0 Å². The van der Waals surface area contributed by atoms with E-state index in [0.717, 1.165) is 28.1 Å². The van der Waals surface area contributed by atoms with E-state index in [1.807, 2.05) is 18.4 Å². The van der Waals surface area contributed by atoms with Gasteiger partial charge in [-0.15, -0.1) is 11.3 Å². The van der Waals surface area contributed by atoms with Gasteiger partial charge in [0.1, 0.15) is 16.5 Å². The number of thiophene rings is 1. The average molecular weight is 273 g/mol. The molecule has 5 heteroatoms. The van der Waals surface area contributed by atoms with E-state index in [-0.39, 0.29) is 5.82 Å². The van der Waals surface area contributed by atoms with E-state index in [1.165, 1.54) is 12.1 Å². The molecule has 1 aromatic carbocycles. The molecule has 0 atom stereocenters. The van der Waals surface area contributed by atoms with Crippen molar-refractivity contribution in [2.75, 3.05) is 11.9 Å². The Hall–Kier alpha value is -2.01. The highest BCUT2D eigenvalue weighted by molar-refractivity contribution is 7.16. The largest absolute Gasteiger partial charge is 0.370 e. The minimum absolute atomic E-state index is 0.257. The lowest BCUT2D eigenvalue weighted by Gasteiger charge is -2.07. The highest BCUT2D eigenvalue weighted by Gasteiger charge is 2.09. The summed E-state index contributed by atoms with van der Waals surface area (Å²) in [5.74, 6) is 1.19. The van der Waals surface area contributed by atoms with Gasteiger partial charge >= 0.3 is 0 Å². The summed E-state index contributed by atoms with van der Waals surface area (Å²) in [4.78, 5) is 9.98. The maximum absolute atomic E-state index is 13.0. The number of hydrogen-bond donors (Lipinski definition) is 1. The quantitative estimate of drug-likeness (QED) is 0.785. The summed E-state index contributed by atoms with van der Waals surface area (Å²) >= 11 is 1.57. The number of fused-ring (bicyclic) bond motifs is 1. The molecule has 0 fully saturated rings. The lowest BCUT2D eigenvalue weighted by Crippen LogP contribution is -2.01. The zero-order chi connectivity index (χ0) is 13.2. The molecule has 2 aromatic heterocycles. The number of nitrogens with zero attached hydrogens (tertiary/aromatic N) is 2. The fourth-order valence-corrected chi connectivity index (χ4v) is 2.65.